The molecule has 0 fully saturated rings. The minimum Gasteiger partial charge on any atom is -0.361 e. The molecule has 2 aromatic rings. The molecule has 1 amide bonds. The van der Waals surface area contributed by atoms with Crippen LogP contribution in [0.1, 0.15) is 34.7 Å². The lowest BCUT2D eigenvalue weighted by molar-refractivity contribution is -0.130. The molecule has 0 radical (unpaired) electrons. The van der Waals surface area contributed by atoms with Gasteiger partial charge in [0.05, 0.1) is 6.54 Å². The highest BCUT2D eigenvalue weighted by Gasteiger charge is 2.14. The Hall–Kier alpha value is -2.43. The van der Waals surface area contributed by atoms with Gasteiger partial charge in [-0.1, -0.05) is 35.5 Å². The number of hydrogen-bond acceptors (Lipinski definition) is 4. The van der Waals surface area contributed by atoms with Gasteiger partial charge in [-0.3, -0.25) is 9.59 Å². The minimum absolute atomic E-state index is 0.0189. The number of nitrogens with zero attached hydrogens (tertiary/aromatic N) is 2. The third-order valence-corrected chi connectivity index (χ3v) is 3.16. The highest BCUT2D eigenvalue weighted by atomic mass is 16.5. The van der Waals surface area contributed by atoms with Gasteiger partial charge < -0.3 is 9.42 Å². The molecule has 0 saturated heterocycles. The zero-order chi connectivity index (χ0) is 15.2. The molecule has 1 aromatic heterocycles. The van der Waals surface area contributed by atoms with Gasteiger partial charge in [-0.15, -0.1) is 0 Å². The second-order valence-electron chi connectivity index (χ2n) is 4.97. The van der Waals surface area contributed by atoms with Crippen molar-refractivity contribution in [3.05, 3.63) is 53.4 Å². The van der Waals surface area contributed by atoms with E-state index in [9.17, 15) is 9.59 Å². The van der Waals surface area contributed by atoms with Crippen molar-refractivity contribution < 1.29 is 14.1 Å². The third-order valence-electron chi connectivity index (χ3n) is 3.16. The number of aryl methyl sites for hydroxylation is 1. The molecule has 0 saturated carbocycles. The van der Waals surface area contributed by atoms with Crippen LogP contribution in [0.5, 0.6) is 0 Å². The lowest BCUT2D eigenvalue weighted by Gasteiger charge is -2.15. The summed E-state index contributed by atoms with van der Waals surface area (Å²) in [6.07, 6.45) is 0.409. The number of carbonyl (C=O) groups excluding carboxylic acids is 2. The summed E-state index contributed by atoms with van der Waals surface area (Å²) in [5.74, 6) is 0.611. The average molecular weight is 286 g/mol. The molecule has 0 atom stereocenters. The van der Waals surface area contributed by atoms with E-state index in [1.165, 1.54) is 0 Å². The lowest BCUT2D eigenvalue weighted by atomic mass is 10.1. The minimum atomic E-state index is -0.0834. The van der Waals surface area contributed by atoms with Gasteiger partial charge in [-0.25, -0.2) is 0 Å². The first-order valence-corrected chi connectivity index (χ1v) is 6.80. The summed E-state index contributed by atoms with van der Waals surface area (Å²) < 4.78 is 4.96. The van der Waals surface area contributed by atoms with Crippen molar-refractivity contribution in [3.8, 4) is 0 Å². The highest BCUT2D eigenvalue weighted by molar-refractivity contribution is 5.97. The van der Waals surface area contributed by atoms with Crippen LogP contribution in [0.2, 0.25) is 0 Å². The molecule has 0 unspecified atom stereocenters. The van der Waals surface area contributed by atoms with E-state index < -0.39 is 0 Å². The second kappa shape index (κ2) is 6.83. The van der Waals surface area contributed by atoms with E-state index in [2.05, 4.69) is 5.16 Å². The SMILES string of the molecule is Cc1cc(CN(C)C(=O)CCC(=O)c2ccccc2)no1. The van der Waals surface area contributed by atoms with Crippen molar-refractivity contribution in [2.45, 2.75) is 26.3 Å². The molecular formula is C16H18N2O3. The van der Waals surface area contributed by atoms with Crippen LogP contribution in [0.4, 0.5) is 0 Å². The molecule has 0 bridgehead atoms. The number of benzene rings is 1. The number of aromatic nitrogens is 1. The van der Waals surface area contributed by atoms with Crippen LogP contribution < -0.4 is 0 Å². The summed E-state index contributed by atoms with van der Waals surface area (Å²) in [4.78, 5) is 25.5. The van der Waals surface area contributed by atoms with Crippen molar-refractivity contribution >= 4 is 11.7 Å². The van der Waals surface area contributed by atoms with Gasteiger partial charge in [0.1, 0.15) is 11.5 Å². The van der Waals surface area contributed by atoms with E-state index >= 15 is 0 Å². The molecule has 1 heterocycles. The largest absolute Gasteiger partial charge is 0.361 e. The van der Waals surface area contributed by atoms with Crippen LogP contribution in [0.15, 0.2) is 40.9 Å². The molecule has 5 nitrogen and oxygen atoms in total. The van der Waals surface area contributed by atoms with Crippen molar-refractivity contribution in [1.82, 2.24) is 10.1 Å². The average Bonchev–Trinajstić information content (AvgIpc) is 2.90. The standard InChI is InChI=1S/C16H18N2O3/c1-12-10-14(17-21-12)11-18(2)16(20)9-8-15(19)13-6-4-3-5-7-13/h3-7,10H,8-9,11H2,1-2H3. The summed E-state index contributed by atoms with van der Waals surface area (Å²) >= 11 is 0. The van der Waals surface area contributed by atoms with Crippen molar-refractivity contribution in [3.63, 3.8) is 0 Å². The molecular weight excluding hydrogens is 268 g/mol. The first kappa shape index (κ1) is 15.0. The summed E-state index contributed by atoms with van der Waals surface area (Å²) in [6, 6.07) is 10.8. The fraction of sp³-hybridized carbons (Fsp3) is 0.312. The zero-order valence-electron chi connectivity index (χ0n) is 12.2. The van der Waals surface area contributed by atoms with Crippen LogP contribution in [-0.4, -0.2) is 28.8 Å². The smallest absolute Gasteiger partial charge is 0.223 e. The number of carbonyl (C=O) groups is 2. The van der Waals surface area contributed by atoms with Crippen LogP contribution >= 0.6 is 0 Å². The monoisotopic (exact) mass is 286 g/mol. The van der Waals surface area contributed by atoms with Gasteiger partial charge >= 0.3 is 0 Å². The van der Waals surface area contributed by atoms with Gasteiger partial charge in [0.25, 0.3) is 0 Å². The normalized spacial score (nSPS) is 10.4. The Kier molecular flexibility index (Phi) is 4.87. The first-order valence-electron chi connectivity index (χ1n) is 6.80. The van der Waals surface area contributed by atoms with E-state index in [1.807, 2.05) is 18.2 Å². The van der Waals surface area contributed by atoms with E-state index in [-0.39, 0.29) is 24.5 Å². The van der Waals surface area contributed by atoms with Gasteiger partial charge in [0, 0.05) is 31.5 Å². The summed E-state index contributed by atoms with van der Waals surface area (Å²) in [5.41, 5.74) is 1.35. The first-order chi connectivity index (χ1) is 10.1. The Labute approximate surface area is 123 Å². The van der Waals surface area contributed by atoms with Crippen LogP contribution in [0.25, 0.3) is 0 Å². The van der Waals surface area contributed by atoms with Crippen LogP contribution in [-0.2, 0) is 11.3 Å². The maximum Gasteiger partial charge on any atom is 0.223 e. The van der Waals surface area contributed by atoms with Gasteiger partial charge in [0.15, 0.2) is 5.78 Å². The Morgan fingerprint density at radius 3 is 2.52 bits per heavy atom. The summed E-state index contributed by atoms with van der Waals surface area (Å²) in [7, 11) is 1.69. The fourth-order valence-corrected chi connectivity index (χ4v) is 2.00. The van der Waals surface area contributed by atoms with Gasteiger partial charge in [-0.2, -0.15) is 0 Å². The molecule has 0 aliphatic heterocycles. The topological polar surface area (TPSA) is 63.4 Å². The number of Topliss-reactive ketones (excluding diaryl/α,β-unsaturated/α-hetero) is 1. The van der Waals surface area contributed by atoms with E-state index in [4.69, 9.17) is 4.52 Å². The Morgan fingerprint density at radius 1 is 1.19 bits per heavy atom. The fourth-order valence-electron chi connectivity index (χ4n) is 2.00. The third kappa shape index (κ3) is 4.27. The Morgan fingerprint density at radius 2 is 1.90 bits per heavy atom. The Bertz CT molecular complexity index is 619. The van der Waals surface area contributed by atoms with E-state index in [0.717, 1.165) is 0 Å². The number of hydrogen-bond donors (Lipinski definition) is 0. The van der Waals surface area contributed by atoms with E-state index in [1.54, 1.807) is 37.1 Å². The maximum atomic E-state index is 12.0. The molecule has 0 N–H and O–H groups in total. The number of ketones is 1. The Balaban J connectivity index is 1.82. The maximum absolute atomic E-state index is 12.0. The number of amides is 1. The summed E-state index contributed by atoms with van der Waals surface area (Å²) in [6.45, 7) is 2.19. The predicted octanol–water partition coefficient (Wildman–Crippen LogP) is 2.60. The molecule has 110 valence electrons. The van der Waals surface area contributed by atoms with Gasteiger partial charge in [-0.05, 0) is 6.92 Å². The highest BCUT2D eigenvalue weighted by Crippen LogP contribution is 2.09. The lowest BCUT2D eigenvalue weighted by Crippen LogP contribution is -2.26. The molecule has 21 heavy (non-hydrogen) atoms. The molecule has 2 rings (SSSR count). The second-order valence-corrected chi connectivity index (χ2v) is 4.97. The number of rotatable bonds is 6. The predicted molar refractivity (Wildman–Crippen MR) is 77.7 cm³/mol. The van der Waals surface area contributed by atoms with Crippen molar-refractivity contribution in [1.29, 1.82) is 0 Å². The van der Waals surface area contributed by atoms with Crippen molar-refractivity contribution in [2.24, 2.45) is 0 Å². The molecule has 0 aliphatic carbocycles. The quantitative estimate of drug-likeness (QED) is 0.766. The molecule has 1 aromatic carbocycles. The molecule has 5 heteroatoms. The van der Waals surface area contributed by atoms with Crippen LogP contribution in [0, 0.1) is 6.92 Å². The molecule has 0 spiro atoms. The van der Waals surface area contributed by atoms with Gasteiger partial charge in [0.2, 0.25) is 5.91 Å². The summed E-state index contributed by atoms with van der Waals surface area (Å²) in [5, 5.41) is 3.85. The van der Waals surface area contributed by atoms with Crippen LogP contribution in [0.3, 0.4) is 0 Å². The molecule has 0 aliphatic rings. The zero-order valence-corrected chi connectivity index (χ0v) is 12.2. The van der Waals surface area contributed by atoms with E-state index in [0.29, 0.717) is 23.6 Å². The van der Waals surface area contributed by atoms with Crippen molar-refractivity contribution in [2.75, 3.05) is 7.05 Å².